The Balaban J connectivity index is 2.29. The van der Waals surface area contributed by atoms with E-state index in [2.05, 4.69) is 70.2 Å². The third kappa shape index (κ3) is 3.30. The monoisotopic (exact) mass is 274 g/mol. The molecule has 0 aliphatic carbocycles. The van der Waals surface area contributed by atoms with Gasteiger partial charge in [0.15, 0.2) is 0 Å². The van der Waals surface area contributed by atoms with Crippen LogP contribution in [0.3, 0.4) is 0 Å². The van der Waals surface area contributed by atoms with Crippen LogP contribution in [0.5, 0.6) is 0 Å². The lowest BCUT2D eigenvalue weighted by Crippen LogP contribution is -2.18. The Morgan fingerprint density at radius 2 is 1.63 bits per heavy atom. The molecule has 2 rings (SSSR count). The molecule has 0 spiro atoms. The Labute approximate surface area is 121 Å². The summed E-state index contributed by atoms with van der Waals surface area (Å²) in [6.07, 6.45) is 1.01. The number of hydrogen-bond donors (Lipinski definition) is 0. The van der Waals surface area contributed by atoms with E-state index >= 15 is 0 Å². The minimum absolute atomic E-state index is 0.0836. The van der Waals surface area contributed by atoms with Crippen molar-refractivity contribution in [1.82, 2.24) is 0 Å². The molecule has 0 heterocycles. The molecule has 0 radical (unpaired) electrons. The number of fused-ring (bicyclic) bond motifs is 1. The highest BCUT2D eigenvalue weighted by atomic mass is 35.5. The first kappa shape index (κ1) is 14.4. The van der Waals surface area contributed by atoms with Crippen LogP contribution in [0.25, 0.3) is 10.8 Å². The summed E-state index contributed by atoms with van der Waals surface area (Å²) >= 11 is 6.69. The Morgan fingerprint density at radius 3 is 2.32 bits per heavy atom. The van der Waals surface area contributed by atoms with Crippen LogP contribution in [0, 0.1) is 11.3 Å². The molecule has 0 bridgehead atoms. The summed E-state index contributed by atoms with van der Waals surface area (Å²) in [6, 6.07) is 14.9. The summed E-state index contributed by atoms with van der Waals surface area (Å²) in [7, 11) is 0. The van der Waals surface area contributed by atoms with Gasteiger partial charge < -0.3 is 0 Å². The molecular formula is C18H23Cl. The molecule has 2 atom stereocenters. The average Bonchev–Trinajstić information content (AvgIpc) is 2.36. The molecule has 2 unspecified atom stereocenters. The van der Waals surface area contributed by atoms with Gasteiger partial charge in [0.25, 0.3) is 0 Å². The third-order valence-electron chi connectivity index (χ3n) is 4.20. The van der Waals surface area contributed by atoms with Crippen molar-refractivity contribution in [3.63, 3.8) is 0 Å². The maximum Gasteiger partial charge on any atom is 0.0594 e. The minimum Gasteiger partial charge on any atom is -0.118 e. The molecule has 0 fully saturated rings. The molecule has 0 saturated carbocycles. The van der Waals surface area contributed by atoms with Crippen molar-refractivity contribution in [3.05, 3.63) is 48.0 Å². The van der Waals surface area contributed by atoms with Crippen LogP contribution in [-0.2, 0) is 0 Å². The third-order valence-corrected chi connectivity index (χ3v) is 4.61. The van der Waals surface area contributed by atoms with E-state index < -0.39 is 0 Å². The van der Waals surface area contributed by atoms with Crippen molar-refractivity contribution in [2.45, 2.75) is 39.5 Å². The summed E-state index contributed by atoms with van der Waals surface area (Å²) in [5.74, 6) is 0.592. The molecule has 0 saturated heterocycles. The summed E-state index contributed by atoms with van der Waals surface area (Å²) in [4.78, 5) is 0. The van der Waals surface area contributed by atoms with Crippen LogP contribution in [0.2, 0.25) is 0 Å². The summed E-state index contributed by atoms with van der Waals surface area (Å²) in [5, 5.41) is 2.64. The van der Waals surface area contributed by atoms with E-state index in [0.29, 0.717) is 11.3 Å². The second kappa shape index (κ2) is 5.54. The lowest BCUT2D eigenvalue weighted by Gasteiger charge is -2.29. The first-order valence-electron chi connectivity index (χ1n) is 7.01. The molecule has 1 heteroatoms. The molecule has 0 aliphatic heterocycles. The Kier molecular flexibility index (Phi) is 4.20. The second-order valence-electron chi connectivity index (χ2n) is 6.54. The van der Waals surface area contributed by atoms with Crippen molar-refractivity contribution in [1.29, 1.82) is 0 Å². The van der Waals surface area contributed by atoms with Crippen LogP contribution >= 0.6 is 11.6 Å². The van der Waals surface area contributed by atoms with Crippen LogP contribution in [-0.4, -0.2) is 0 Å². The molecule has 19 heavy (non-hydrogen) atoms. The van der Waals surface area contributed by atoms with Crippen LogP contribution in [0.15, 0.2) is 42.5 Å². The topological polar surface area (TPSA) is 0 Å². The van der Waals surface area contributed by atoms with Crippen molar-refractivity contribution >= 4 is 22.4 Å². The number of hydrogen-bond acceptors (Lipinski definition) is 0. The molecule has 0 aromatic heterocycles. The molecule has 0 nitrogen and oxygen atoms in total. The van der Waals surface area contributed by atoms with Gasteiger partial charge in [0.2, 0.25) is 0 Å². The summed E-state index contributed by atoms with van der Waals surface area (Å²) in [5.41, 5.74) is 1.56. The number of alkyl halides is 1. The standard InChI is InChI=1S/C18H23Cl/c1-13(18(2,3)4)12-17(19)16-11-7-9-14-8-5-6-10-15(14)16/h5-11,13,17H,12H2,1-4H3. The molecule has 0 amide bonds. The Bertz CT molecular complexity index is 546. The van der Waals surface area contributed by atoms with Gasteiger partial charge in [-0.15, -0.1) is 11.6 Å². The quantitative estimate of drug-likeness (QED) is 0.585. The van der Waals surface area contributed by atoms with E-state index in [1.54, 1.807) is 0 Å². The Hall–Kier alpha value is -1.01. The van der Waals surface area contributed by atoms with Crippen LogP contribution in [0.1, 0.15) is 45.1 Å². The molecule has 2 aromatic rings. The van der Waals surface area contributed by atoms with E-state index in [4.69, 9.17) is 11.6 Å². The first-order chi connectivity index (χ1) is 8.89. The average molecular weight is 275 g/mol. The van der Waals surface area contributed by atoms with Gasteiger partial charge >= 0.3 is 0 Å². The van der Waals surface area contributed by atoms with Crippen LogP contribution in [0.4, 0.5) is 0 Å². The molecule has 2 aromatic carbocycles. The van der Waals surface area contributed by atoms with Gasteiger partial charge in [0.05, 0.1) is 5.38 Å². The lowest BCUT2D eigenvalue weighted by molar-refractivity contribution is 0.245. The second-order valence-corrected chi connectivity index (χ2v) is 7.07. The van der Waals surface area contributed by atoms with Gasteiger partial charge in [-0.2, -0.15) is 0 Å². The van der Waals surface area contributed by atoms with E-state index in [-0.39, 0.29) is 5.38 Å². The largest absolute Gasteiger partial charge is 0.118 e. The molecule has 0 aliphatic rings. The fourth-order valence-corrected chi connectivity index (χ4v) is 2.77. The highest BCUT2D eigenvalue weighted by molar-refractivity contribution is 6.21. The number of benzene rings is 2. The maximum absolute atomic E-state index is 6.69. The SMILES string of the molecule is CC(CC(Cl)c1cccc2ccccc12)C(C)(C)C. The normalized spacial score (nSPS) is 15.4. The predicted octanol–water partition coefficient (Wildman–Crippen LogP) is 6.19. The van der Waals surface area contributed by atoms with Gasteiger partial charge in [-0.3, -0.25) is 0 Å². The minimum atomic E-state index is 0.0836. The summed E-state index contributed by atoms with van der Waals surface area (Å²) in [6.45, 7) is 9.14. The number of rotatable bonds is 3. The fourth-order valence-electron chi connectivity index (χ4n) is 2.31. The smallest absolute Gasteiger partial charge is 0.0594 e. The van der Waals surface area contributed by atoms with Crippen molar-refractivity contribution in [2.24, 2.45) is 11.3 Å². The molecule has 0 N–H and O–H groups in total. The molecule has 102 valence electrons. The Morgan fingerprint density at radius 1 is 1.00 bits per heavy atom. The maximum atomic E-state index is 6.69. The van der Waals surface area contributed by atoms with E-state index in [1.165, 1.54) is 16.3 Å². The predicted molar refractivity (Wildman–Crippen MR) is 85.8 cm³/mol. The highest BCUT2D eigenvalue weighted by Crippen LogP contribution is 2.38. The van der Waals surface area contributed by atoms with Crippen molar-refractivity contribution < 1.29 is 0 Å². The van der Waals surface area contributed by atoms with Gasteiger partial charge in [-0.1, -0.05) is 70.2 Å². The lowest BCUT2D eigenvalue weighted by atomic mass is 9.78. The van der Waals surface area contributed by atoms with E-state index in [9.17, 15) is 0 Å². The molecular weight excluding hydrogens is 252 g/mol. The van der Waals surface area contributed by atoms with Gasteiger partial charge in [0, 0.05) is 0 Å². The zero-order chi connectivity index (χ0) is 14.0. The van der Waals surface area contributed by atoms with Crippen LogP contribution < -0.4 is 0 Å². The van der Waals surface area contributed by atoms with Gasteiger partial charge in [-0.05, 0) is 34.1 Å². The van der Waals surface area contributed by atoms with Gasteiger partial charge in [0.1, 0.15) is 0 Å². The summed E-state index contributed by atoms with van der Waals surface area (Å²) < 4.78 is 0. The zero-order valence-electron chi connectivity index (χ0n) is 12.3. The number of halogens is 1. The van der Waals surface area contributed by atoms with E-state index in [1.807, 2.05) is 0 Å². The van der Waals surface area contributed by atoms with Crippen molar-refractivity contribution in [3.8, 4) is 0 Å². The van der Waals surface area contributed by atoms with E-state index in [0.717, 1.165) is 6.42 Å². The fraction of sp³-hybridized carbons (Fsp3) is 0.444. The van der Waals surface area contributed by atoms with Gasteiger partial charge in [-0.25, -0.2) is 0 Å². The highest BCUT2D eigenvalue weighted by Gasteiger charge is 2.24. The van der Waals surface area contributed by atoms with Crippen molar-refractivity contribution in [2.75, 3.05) is 0 Å². The first-order valence-corrected chi connectivity index (χ1v) is 7.45. The zero-order valence-corrected chi connectivity index (χ0v) is 13.0.